The average molecular weight is 307 g/mol. The van der Waals surface area contributed by atoms with Crippen LogP contribution in [0, 0.1) is 0 Å². The molecule has 0 aliphatic carbocycles. The molecule has 1 aliphatic heterocycles. The second-order valence-corrected chi connectivity index (χ2v) is 5.65. The van der Waals surface area contributed by atoms with Crippen LogP contribution in [0.2, 0.25) is 0 Å². The van der Waals surface area contributed by atoms with E-state index in [0.29, 0.717) is 26.2 Å². The lowest BCUT2D eigenvalue weighted by atomic mass is 10.2. The van der Waals surface area contributed by atoms with E-state index in [1.54, 1.807) is 0 Å². The van der Waals surface area contributed by atoms with Crippen LogP contribution in [0.15, 0.2) is 24.3 Å². The molecule has 1 fully saturated rings. The molecule has 1 aliphatic rings. The number of hydrogen-bond acceptors (Lipinski definition) is 5. The van der Waals surface area contributed by atoms with E-state index in [9.17, 15) is 4.79 Å². The van der Waals surface area contributed by atoms with Crippen LogP contribution in [0.3, 0.4) is 0 Å². The van der Waals surface area contributed by atoms with Crippen molar-refractivity contribution in [1.29, 1.82) is 0 Å². The van der Waals surface area contributed by atoms with E-state index >= 15 is 0 Å². The summed E-state index contributed by atoms with van der Waals surface area (Å²) < 4.78 is 11.0. The number of carbonyl (C=O) groups is 1. The fourth-order valence-electron chi connectivity index (χ4n) is 2.17. The van der Waals surface area contributed by atoms with Gasteiger partial charge in [0, 0.05) is 31.2 Å². The molecule has 2 N–H and O–H groups in total. The lowest BCUT2D eigenvalue weighted by Crippen LogP contribution is -2.43. The van der Waals surface area contributed by atoms with Gasteiger partial charge >= 0.3 is 0 Å². The third-order valence-electron chi connectivity index (χ3n) is 3.38. The molecule has 122 valence electrons. The molecule has 22 heavy (non-hydrogen) atoms. The highest BCUT2D eigenvalue weighted by Gasteiger charge is 2.16. The summed E-state index contributed by atoms with van der Waals surface area (Å²) >= 11 is 0. The zero-order chi connectivity index (χ0) is 15.8. The Bertz CT molecular complexity index is 456. The number of carbonyl (C=O) groups excluding carboxylic acids is 1. The highest BCUT2D eigenvalue weighted by molar-refractivity contribution is 5.91. The van der Waals surface area contributed by atoms with Crippen molar-refractivity contribution < 1.29 is 14.3 Å². The SMILES string of the molecule is CN(C)CCOc1ccc(NC(=O)CC2COCCN2)cc1. The third kappa shape index (κ3) is 6.01. The second-order valence-electron chi connectivity index (χ2n) is 5.65. The molecule has 1 atom stereocenters. The molecule has 0 aromatic heterocycles. The molecule has 6 nitrogen and oxygen atoms in total. The van der Waals surface area contributed by atoms with E-state index in [4.69, 9.17) is 9.47 Å². The summed E-state index contributed by atoms with van der Waals surface area (Å²) in [6, 6.07) is 7.55. The topological polar surface area (TPSA) is 62.8 Å². The number of amides is 1. The summed E-state index contributed by atoms with van der Waals surface area (Å²) in [6.07, 6.45) is 0.418. The molecule has 0 saturated carbocycles. The van der Waals surface area contributed by atoms with Crippen molar-refractivity contribution >= 4 is 11.6 Å². The summed E-state index contributed by atoms with van der Waals surface area (Å²) in [5, 5.41) is 6.16. The Morgan fingerprint density at radius 3 is 2.82 bits per heavy atom. The van der Waals surface area contributed by atoms with Gasteiger partial charge in [-0.05, 0) is 38.4 Å². The van der Waals surface area contributed by atoms with Gasteiger partial charge in [-0.1, -0.05) is 0 Å². The summed E-state index contributed by atoms with van der Waals surface area (Å²) in [7, 11) is 4.02. The van der Waals surface area contributed by atoms with Crippen molar-refractivity contribution in [2.45, 2.75) is 12.5 Å². The number of morpholine rings is 1. The normalized spacial score (nSPS) is 18.2. The van der Waals surface area contributed by atoms with Gasteiger partial charge in [-0.15, -0.1) is 0 Å². The number of nitrogens with zero attached hydrogens (tertiary/aromatic N) is 1. The van der Waals surface area contributed by atoms with Gasteiger partial charge in [0.25, 0.3) is 0 Å². The van der Waals surface area contributed by atoms with Crippen LogP contribution in [0.5, 0.6) is 5.75 Å². The largest absolute Gasteiger partial charge is 0.492 e. The van der Waals surface area contributed by atoms with Gasteiger partial charge in [-0.25, -0.2) is 0 Å². The Balaban J connectivity index is 1.74. The molecule has 1 unspecified atom stereocenters. The lowest BCUT2D eigenvalue weighted by Gasteiger charge is -2.23. The maximum atomic E-state index is 12.0. The van der Waals surface area contributed by atoms with Gasteiger partial charge in [0.15, 0.2) is 0 Å². The van der Waals surface area contributed by atoms with Gasteiger partial charge in [-0.3, -0.25) is 4.79 Å². The molecule has 1 aromatic rings. The maximum absolute atomic E-state index is 12.0. The molecule has 0 spiro atoms. The number of likely N-dealkylation sites (N-methyl/N-ethyl adjacent to an activating group) is 1. The first-order chi connectivity index (χ1) is 10.6. The van der Waals surface area contributed by atoms with E-state index in [1.165, 1.54) is 0 Å². The Labute approximate surface area is 131 Å². The van der Waals surface area contributed by atoms with Crippen molar-refractivity contribution in [3.05, 3.63) is 24.3 Å². The molecular formula is C16H25N3O3. The van der Waals surface area contributed by atoms with Crippen LogP contribution in [-0.2, 0) is 9.53 Å². The van der Waals surface area contributed by atoms with Crippen LogP contribution in [0.4, 0.5) is 5.69 Å². The van der Waals surface area contributed by atoms with Crippen LogP contribution in [-0.4, -0.2) is 63.9 Å². The molecule has 1 saturated heterocycles. The molecule has 1 aromatic carbocycles. The Morgan fingerprint density at radius 2 is 2.18 bits per heavy atom. The number of hydrogen-bond donors (Lipinski definition) is 2. The Kier molecular flexibility index (Phi) is 6.64. The maximum Gasteiger partial charge on any atom is 0.226 e. The standard InChI is InChI=1S/C16H25N3O3/c1-19(2)8-10-22-15-5-3-13(4-6-15)18-16(20)11-14-12-21-9-7-17-14/h3-6,14,17H,7-12H2,1-2H3,(H,18,20). The minimum atomic E-state index is -0.00993. The van der Waals surface area contributed by atoms with E-state index < -0.39 is 0 Å². The van der Waals surface area contributed by atoms with E-state index in [-0.39, 0.29) is 11.9 Å². The van der Waals surface area contributed by atoms with Crippen LogP contribution in [0.1, 0.15) is 6.42 Å². The van der Waals surface area contributed by atoms with Crippen LogP contribution < -0.4 is 15.4 Å². The summed E-state index contributed by atoms with van der Waals surface area (Å²) in [5.74, 6) is 0.798. The molecule has 1 heterocycles. The number of benzene rings is 1. The predicted molar refractivity (Wildman–Crippen MR) is 86.3 cm³/mol. The van der Waals surface area contributed by atoms with Gasteiger partial charge in [0.05, 0.1) is 13.2 Å². The monoisotopic (exact) mass is 307 g/mol. The number of anilines is 1. The van der Waals surface area contributed by atoms with Crippen LogP contribution >= 0.6 is 0 Å². The van der Waals surface area contributed by atoms with Gasteiger partial charge in [0.2, 0.25) is 5.91 Å². The molecule has 2 rings (SSSR count). The number of rotatable bonds is 7. The van der Waals surface area contributed by atoms with Crippen LogP contribution in [0.25, 0.3) is 0 Å². The van der Waals surface area contributed by atoms with Crippen molar-refractivity contribution in [2.24, 2.45) is 0 Å². The molecule has 0 bridgehead atoms. The molecule has 6 heteroatoms. The first kappa shape index (κ1) is 16.7. The minimum absolute atomic E-state index is 0.00993. The zero-order valence-corrected chi connectivity index (χ0v) is 13.3. The second kappa shape index (κ2) is 8.73. The van der Waals surface area contributed by atoms with Gasteiger partial charge in [0.1, 0.15) is 12.4 Å². The van der Waals surface area contributed by atoms with Crippen molar-refractivity contribution in [2.75, 3.05) is 52.3 Å². The average Bonchev–Trinajstić information content (AvgIpc) is 2.49. The van der Waals surface area contributed by atoms with Crippen molar-refractivity contribution in [1.82, 2.24) is 10.2 Å². The lowest BCUT2D eigenvalue weighted by molar-refractivity contribution is -0.117. The molecular weight excluding hydrogens is 282 g/mol. The summed E-state index contributed by atoms with van der Waals surface area (Å²) in [5.41, 5.74) is 0.779. The summed E-state index contributed by atoms with van der Waals surface area (Å²) in [6.45, 7) is 3.62. The highest BCUT2D eigenvalue weighted by atomic mass is 16.5. The van der Waals surface area contributed by atoms with Crippen molar-refractivity contribution in [3.8, 4) is 5.75 Å². The first-order valence-corrected chi connectivity index (χ1v) is 7.62. The number of ether oxygens (including phenoxy) is 2. The first-order valence-electron chi connectivity index (χ1n) is 7.62. The predicted octanol–water partition coefficient (Wildman–Crippen LogP) is 0.944. The van der Waals surface area contributed by atoms with Crippen molar-refractivity contribution in [3.63, 3.8) is 0 Å². The third-order valence-corrected chi connectivity index (χ3v) is 3.38. The van der Waals surface area contributed by atoms with E-state index in [1.807, 2.05) is 38.4 Å². The van der Waals surface area contributed by atoms with Gasteiger partial charge in [-0.2, -0.15) is 0 Å². The van der Waals surface area contributed by atoms with Gasteiger partial charge < -0.3 is 25.0 Å². The highest BCUT2D eigenvalue weighted by Crippen LogP contribution is 2.16. The quantitative estimate of drug-likeness (QED) is 0.785. The number of nitrogens with one attached hydrogen (secondary N) is 2. The molecule has 1 amide bonds. The zero-order valence-electron chi connectivity index (χ0n) is 13.3. The smallest absolute Gasteiger partial charge is 0.226 e. The Morgan fingerprint density at radius 1 is 1.41 bits per heavy atom. The summed E-state index contributed by atoms with van der Waals surface area (Å²) in [4.78, 5) is 14.0. The molecule has 0 radical (unpaired) electrons. The Hall–Kier alpha value is -1.63. The fourth-order valence-corrected chi connectivity index (χ4v) is 2.17. The minimum Gasteiger partial charge on any atom is -0.492 e. The fraction of sp³-hybridized carbons (Fsp3) is 0.562. The van der Waals surface area contributed by atoms with E-state index in [2.05, 4.69) is 15.5 Å². The van der Waals surface area contributed by atoms with E-state index in [0.717, 1.165) is 24.5 Å².